The van der Waals surface area contributed by atoms with Crippen molar-refractivity contribution >= 4 is 5.97 Å². The molecule has 0 spiro atoms. The quantitative estimate of drug-likeness (QED) is 0.826. The van der Waals surface area contributed by atoms with Crippen molar-refractivity contribution in [2.24, 2.45) is 0 Å². The highest BCUT2D eigenvalue weighted by atomic mass is 16.4. The van der Waals surface area contributed by atoms with E-state index in [1.807, 2.05) is 39.0 Å². The first-order valence-corrected chi connectivity index (χ1v) is 5.31. The van der Waals surface area contributed by atoms with Gasteiger partial charge in [-0.25, -0.2) is 0 Å². The molecule has 0 bridgehead atoms. The van der Waals surface area contributed by atoms with Crippen molar-refractivity contribution in [2.75, 3.05) is 0 Å². The molecule has 3 heteroatoms. The van der Waals surface area contributed by atoms with E-state index in [-0.39, 0.29) is 11.8 Å². The number of carboxylic acid groups (broad SMARTS) is 1. The number of aliphatic hydroxyl groups is 1. The molecule has 0 fully saturated rings. The Kier molecular flexibility index (Phi) is 3.70. The Morgan fingerprint density at radius 3 is 2.38 bits per heavy atom. The number of hydrogen-bond donors (Lipinski definition) is 2. The van der Waals surface area contributed by atoms with Gasteiger partial charge in [0.15, 0.2) is 0 Å². The number of benzene rings is 1. The lowest BCUT2D eigenvalue weighted by molar-refractivity contribution is -0.139. The van der Waals surface area contributed by atoms with Gasteiger partial charge in [-0.2, -0.15) is 0 Å². The third-order valence-electron chi connectivity index (χ3n) is 2.50. The first-order valence-electron chi connectivity index (χ1n) is 5.31. The molecule has 3 nitrogen and oxygen atoms in total. The van der Waals surface area contributed by atoms with Gasteiger partial charge in [0.05, 0.1) is 12.5 Å². The van der Waals surface area contributed by atoms with Crippen molar-refractivity contribution in [3.63, 3.8) is 0 Å². The van der Waals surface area contributed by atoms with Crippen LogP contribution in [0.1, 0.15) is 44.4 Å². The molecule has 1 unspecified atom stereocenters. The first kappa shape index (κ1) is 12.7. The topological polar surface area (TPSA) is 57.5 Å². The Labute approximate surface area is 95.7 Å². The van der Waals surface area contributed by atoms with Crippen LogP contribution in [-0.4, -0.2) is 16.2 Å². The van der Waals surface area contributed by atoms with Crippen molar-refractivity contribution < 1.29 is 15.0 Å². The number of aliphatic carboxylic acids is 1. The molecule has 16 heavy (non-hydrogen) atoms. The lowest BCUT2D eigenvalue weighted by Gasteiger charge is -2.24. The Morgan fingerprint density at radius 1 is 1.31 bits per heavy atom. The summed E-state index contributed by atoms with van der Waals surface area (Å²) in [5.74, 6) is -0.990. The SMILES string of the molecule is CC(C)(C)c1ccccc1C(O)CC(=O)O. The molecule has 0 radical (unpaired) electrons. The molecule has 1 rings (SSSR count). The van der Waals surface area contributed by atoms with E-state index in [0.29, 0.717) is 5.56 Å². The Bertz CT molecular complexity index is 377. The molecule has 1 aromatic carbocycles. The number of carboxylic acids is 1. The van der Waals surface area contributed by atoms with E-state index in [0.717, 1.165) is 5.56 Å². The number of carbonyl (C=O) groups is 1. The molecule has 0 amide bonds. The first-order chi connectivity index (χ1) is 7.32. The van der Waals surface area contributed by atoms with Gasteiger partial charge in [-0.15, -0.1) is 0 Å². The van der Waals surface area contributed by atoms with Crippen molar-refractivity contribution in [1.82, 2.24) is 0 Å². The highest BCUT2D eigenvalue weighted by Gasteiger charge is 2.22. The van der Waals surface area contributed by atoms with Crippen LogP contribution in [0.3, 0.4) is 0 Å². The molecule has 0 aliphatic carbocycles. The summed E-state index contributed by atoms with van der Waals surface area (Å²) in [6.07, 6.45) is -1.19. The van der Waals surface area contributed by atoms with E-state index in [2.05, 4.69) is 0 Å². The lowest BCUT2D eigenvalue weighted by Crippen LogP contribution is -2.17. The van der Waals surface area contributed by atoms with Crippen LogP contribution in [0.2, 0.25) is 0 Å². The van der Waals surface area contributed by atoms with Crippen LogP contribution in [0.25, 0.3) is 0 Å². The predicted molar refractivity (Wildman–Crippen MR) is 62.4 cm³/mol. The Hall–Kier alpha value is -1.35. The fourth-order valence-corrected chi connectivity index (χ4v) is 1.75. The van der Waals surface area contributed by atoms with E-state index < -0.39 is 12.1 Å². The summed E-state index contributed by atoms with van der Waals surface area (Å²) in [5, 5.41) is 18.5. The van der Waals surface area contributed by atoms with E-state index in [4.69, 9.17) is 5.11 Å². The highest BCUT2D eigenvalue weighted by molar-refractivity contribution is 5.67. The summed E-state index contributed by atoms with van der Waals surface area (Å²) in [4.78, 5) is 10.6. The maximum Gasteiger partial charge on any atom is 0.306 e. The van der Waals surface area contributed by atoms with Gasteiger partial charge in [-0.05, 0) is 16.5 Å². The molecule has 1 aromatic rings. The molecule has 0 aliphatic heterocycles. The standard InChI is InChI=1S/C13H18O3/c1-13(2,3)10-7-5-4-6-9(10)11(14)8-12(15)16/h4-7,11,14H,8H2,1-3H3,(H,15,16). The fraction of sp³-hybridized carbons (Fsp3) is 0.462. The molecule has 0 saturated carbocycles. The zero-order valence-electron chi connectivity index (χ0n) is 9.90. The van der Waals surface area contributed by atoms with Gasteiger partial charge in [0.1, 0.15) is 0 Å². The molecular weight excluding hydrogens is 204 g/mol. The van der Waals surface area contributed by atoms with Crippen molar-refractivity contribution in [1.29, 1.82) is 0 Å². The largest absolute Gasteiger partial charge is 0.481 e. The van der Waals surface area contributed by atoms with Crippen LogP contribution < -0.4 is 0 Å². The Balaban J connectivity index is 3.08. The summed E-state index contributed by atoms with van der Waals surface area (Å²) >= 11 is 0. The molecule has 88 valence electrons. The van der Waals surface area contributed by atoms with E-state index in [9.17, 15) is 9.90 Å². The zero-order valence-corrected chi connectivity index (χ0v) is 9.90. The second-order valence-corrected chi connectivity index (χ2v) is 4.95. The van der Waals surface area contributed by atoms with E-state index in [1.165, 1.54) is 0 Å². The van der Waals surface area contributed by atoms with Gasteiger partial charge in [-0.1, -0.05) is 45.0 Å². The van der Waals surface area contributed by atoms with Gasteiger partial charge in [-0.3, -0.25) is 4.79 Å². The molecule has 0 heterocycles. The van der Waals surface area contributed by atoms with E-state index in [1.54, 1.807) is 6.07 Å². The highest BCUT2D eigenvalue weighted by Crippen LogP contribution is 2.30. The summed E-state index contributed by atoms with van der Waals surface area (Å²) in [6, 6.07) is 7.43. The average Bonchev–Trinajstić information content (AvgIpc) is 2.15. The average molecular weight is 222 g/mol. The predicted octanol–water partition coefficient (Wildman–Crippen LogP) is 2.49. The smallest absolute Gasteiger partial charge is 0.306 e. The number of aliphatic hydroxyl groups excluding tert-OH is 1. The summed E-state index contributed by atoms with van der Waals surface area (Å²) < 4.78 is 0. The number of rotatable bonds is 3. The second-order valence-electron chi connectivity index (χ2n) is 4.95. The second kappa shape index (κ2) is 4.66. The van der Waals surface area contributed by atoms with Gasteiger partial charge in [0.2, 0.25) is 0 Å². The van der Waals surface area contributed by atoms with Crippen molar-refractivity contribution in [3.8, 4) is 0 Å². The van der Waals surface area contributed by atoms with Crippen LogP contribution in [0.4, 0.5) is 0 Å². The summed E-state index contributed by atoms with van der Waals surface area (Å²) in [5.41, 5.74) is 1.59. The summed E-state index contributed by atoms with van der Waals surface area (Å²) in [7, 11) is 0. The van der Waals surface area contributed by atoms with Gasteiger partial charge in [0.25, 0.3) is 0 Å². The van der Waals surface area contributed by atoms with Crippen LogP contribution in [0.5, 0.6) is 0 Å². The third-order valence-corrected chi connectivity index (χ3v) is 2.50. The minimum absolute atomic E-state index is 0.101. The zero-order chi connectivity index (χ0) is 12.3. The number of hydrogen-bond acceptors (Lipinski definition) is 2. The molecule has 2 N–H and O–H groups in total. The molecule has 0 aliphatic rings. The maximum absolute atomic E-state index is 10.6. The fourth-order valence-electron chi connectivity index (χ4n) is 1.75. The van der Waals surface area contributed by atoms with Gasteiger partial charge >= 0.3 is 5.97 Å². The van der Waals surface area contributed by atoms with Crippen LogP contribution >= 0.6 is 0 Å². The van der Waals surface area contributed by atoms with Gasteiger partial charge in [0, 0.05) is 0 Å². The van der Waals surface area contributed by atoms with Crippen molar-refractivity contribution in [2.45, 2.75) is 38.7 Å². The third kappa shape index (κ3) is 3.07. The maximum atomic E-state index is 10.6. The molecule has 0 aromatic heterocycles. The minimum Gasteiger partial charge on any atom is -0.481 e. The van der Waals surface area contributed by atoms with Crippen LogP contribution in [0.15, 0.2) is 24.3 Å². The molecular formula is C13H18O3. The lowest BCUT2D eigenvalue weighted by atomic mass is 9.82. The monoisotopic (exact) mass is 222 g/mol. The minimum atomic E-state index is -0.990. The van der Waals surface area contributed by atoms with Gasteiger partial charge < -0.3 is 10.2 Å². The molecule has 0 saturated heterocycles. The normalized spacial score (nSPS) is 13.5. The van der Waals surface area contributed by atoms with E-state index >= 15 is 0 Å². The van der Waals surface area contributed by atoms with Crippen LogP contribution in [-0.2, 0) is 10.2 Å². The van der Waals surface area contributed by atoms with Crippen molar-refractivity contribution in [3.05, 3.63) is 35.4 Å². The molecule has 1 atom stereocenters. The Morgan fingerprint density at radius 2 is 1.88 bits per heavy atom. The summed E-state index contributed by atoms with van der Waals surface area (Å²) in [6.45, 7) is 6.12. The van der Waals surface area contributed by atoms with Crippen LogP contribution in [0, 0.1) is 0 Å².